The maximum absolute atomic E-state index is 13.6. The number of aromatic nitrogens is 1. The third kappa shape index (κ3) is 2.86. The molecule has 0 N–H and O–H groups in total. The molecular formula is C12H7Cl3FNO. The van der Waals surface area contributed by atoms with Crippen molar-refractivity contribution in [3.05, 3.63) is 51.9 Å². The second-order valence-electron chi connectivity index (χ2n) is 3.40. The van der Waals surface area contributed by atoms with Crippen molar-refractivity contribution in [1.29, 1.82) is 0 Å². The maximum atomic E-state index is 13.6. The van der Waals surface area contributed by atoms with Crippen LogP contribution in [0, 0.1) is 5.82 Å². The van der Waals surface area contributed by atoms with E-state index < -0.39 is 5.82 Å². The minimum atomic E-state index is -0.636. The maximum Gasteiger partial charge on any atom is 0.219 e. The van der Waals surface area contributed by atoms with Gasteiger partial charge in [0.1, 0.15) is 0 Å². The second-order valence-corrected chi connectivity index (χ2v) is 4.48. The fourth-order valence-corrected chi connectivity index (χ4v) is 1.92. The Labute approximate surface area is 118 Å². The molecule has 0 aliphatic heterocycles. The van der Waals surface area contributed by atoms with Crippen LogP contribution in [0.2, 0.25) is 10.0 Å². The summed E-state index contributed by atoms with van der Waals surface area (Å²) in [4.78, 5) is 3.93. The van der Waals surface area contributed by atoms with Crippen LogP contribution in [0.15, 0.2) is 30.5 Å². The first-order chi connectivity index (χ1) is 8.61. The number of halogens is 4. The molecule has 2 nitrogen and oxygen atoms in total. The van der Waals surface area contributed by atoms with Gasteiger partial charge in [0, 0.05) is 18.1 Å². The van der Waals surface area contributed by atoms with Crippen LogP contribution < -0.4 is 4.74 Å². The van der Waals surface area contributed by atoms with Gasteiger partial charge < -0.3 is 4.74 Å². The minimum Gasteiger partial charge on any atom is -0.436 e. The lowest BCUT2D eigenvalue weighted by Crippen LogP contribution is -1.93. The van der Waals surface area contributed by atoms with Crippen molar-refractivity contribution in [2.24, 2.45) is 0 Å². The molecule has 0 saturated carbocycles. The van der Waals surface area contributed by atoms with Crippen LogP contribution in [-0.2, 0) is 5.88 Å². The minimum absolute atomic E-state index is 0.00200. The van der Waals surface area contributed by atoms with Crippen LogP contribution in [-0.4, -0.2) is 4.98 Å². The van der Waals surface area contributed by atoms with Crippen molar-refractivity contribution in [2.45, 2.75) is 5.88 Å². The first kappa shape index (κ1) is 13.4. The predicted molar refractivity (Wildman–Crippen MR) is 70.3 cm³/mol. The molecule has 0 amide bonds. The smallest absolute Gasteiger partial charge is 0.219 e. The van der Waals surface area contributed by atoms with Crippen LogP contribution in [0.4, 0.5) is 4.39 Å². The van der Waals surface area contributed by atoms with Crippen molar-refractivity contribution in [3.8, 4) is 11.6 Å². The van der Waals surface area contributed by atoms with Crippen molar-refractivity contribution >= 4 is 34.8 Å². The van der Waals surface area contributed by atoms with Gasteiger partial charge in [0.15, 0.2) is 11.6 Å². The second kappa shape index (κ2) is 5.74. The van der Waals surface area contributed by atoms with E-state index in [0.717, 1.165) is 0 Å². The van der Waals surface area contributed by atoms with E-state index in [1.165, 1.54) is 18.3 Å². The van der Waals surface area contributed by atoms with Gasteiger partial charge in [-0.1, -0.05) is 29.3 Å². The Hall–Kier alpha value is -1.03. The van der Waals surface area contributed by atoms with Gasteiger partial charge in [-0.25, -0.2) is 9.37 Å². The molecule has 0 saturated heterocycles. The molecule has 0 atom stereocenters. The predicted octanol–water partition coefficient (Wildman–Crippen LogP) is 5.06. The van der Waals surface area contributed by atoms with Gasteiger partial charge in [0.05, 0.1) is 10.0 Å². The topological polar surface area (TPSA) is 22.1 Å². The van der Waals surface area contributed by atoms with Gasteiger partial charge in [-0.15, -0.1) is 11.6 Å². The number of benzene rings is 1. The molecule has 0 bridgehead atoms. The highest BCUT2D eigenvalue weighted by Crippen LogP contribution is 2.29. The average Bonchev–Trinajstić information content (AvgIpc) is 2.37. The lowest BCUT2D eigenvalue weighted by Gasteiger charge is -2.08. The molecule has 0 aliphatic rings. The molecule has 6 heteroatoms. The Kier molecular flexibility index (Phi) is 4.27. The van der Waals surface area contributed by atoms with E-state index in [1.807, 2.05) is 0 Å². The number of ether oxygens (including phenoxy) is 1. The highest BCUT2D eigenvalue weighted by atomic mass is 35.5. The summed E-state index contributed by atoms with van der Waals surface area (Å²) in [5, 5.41) is 0.419. The molecule has 1 aromatic carbocycles. The van der Waals surface area contributed by atoms with E-state index in [2.05, 4.69) is 4.98 Å². The van der Waals surface area contributed by atoms with Gasteiger partial charge in [-0.3, -0.25) is 0 Å². The zero-order valence-corrected chi connectivity index (χ0v) is 11.2. The molecule has 0 spiro atoms. The molecule has 0 aliphatic carbocycles. The SMILES string of the molecule is Fc1c(Cl)cccc1Oc1cc(CCl)c(Cl)cn1. The normalized spacial score (nSPS) is 10.4. The highest BCUT2D eigenvalue weighted by molar-refractivity contribution is 6.32. The Balaban J connectivity index is 2.31. The van der Waals surface area contributed by atoms with Crippen molar-refractivity contribution in [2.75, 3.05) is 0 Å². The Bertz CT molecular complexity index is 577. The summed E-state index contributed by atoms with van der Waals surface area (Å²) in [5.74, 6) is -0.215. The van der Waals surface area contributed by atoms with Gasteiger partial charge >= 0.3 is 0 Å². The lowest BCUT2D eigenvalue weighted by molar-refractivity contribution is 0.427. The molecule has 0 radical (unpaired) electrons. The molecule has 94 valence electrons. The summed E-state index contributed by atoms with van der Waals surface area (Å²) < 4.78 is 18.9. The summed E-state index contributed by atoms with van der Waals surface area (Å²) >= 11 is 17.2. The first-order valence-corrected chi connectivity index (χ1v) is 6.23. The molecule has 2 rings (SSSR count). The molecule has 1 aromatic heterocycles. The van der Waals surface area contributed by atoms with Crippen LogP contribution in [0.5, 0.6) is 11.6 Å². The van der Waals surface area contributed by atoms with Gasteiger partial charge in [-0.05, 0) is 17.7 Å². The number of rotatable bonds is 3. The molecular weight excluding hydrogens is 299 g/mol. The molecule has 0 unspecified atom stereocenters. The number of hydrogen-bond donors (Lipinski definition) is 0. The Morgan fingerprint density at radius 3 is 2.72 bits per heavy atom. The quantitative estimate of drug-likeness (QED) is 0.740. The lowest BCUT2D eigenvalue weighted by atomic mass is 10.3. The monoisotopic (exact) mass is 305 g/mol. The standard InChI is InChI=1S/C12H7Cl3FNO/c13-5-7-4-11(17-6-9(7)15)18-10-3-1-2-8(14)12(10)16/h1-4,6H,5H2. The van der Waals surface area contributed by atoms with Crippen LogP contribution in [0.1, 0.15) is 5.56 Å². The Morgan fingerprint density at radius 1 is 1.22 bits per heavy atom. The summed E-state index contributed by atoms with van der Waals surface area (Å²) in [6, 6.07) is 6.02. The van der Waals surface area contributed by atoms with E-state index in [0.29, 0.717) is 10.6 Å². The van der Waals surface area contributed by atoms with E-state index in [1.54, 1.807) is 12.1 Å². The van der Waals surface area contributed by atoms with E-state index >= 15 is 0 Å². The third-order valence-electron chi connectivity index (χ3n) is 2.18. The summed E-state index contributed by atoms with van der Waals surface area (Å²) in [5.41, 5.74) is 0.658. The zero-order chi connectivity index (χ0) is 13.1. The van der Waals surface area contributed by atoms with Gasteiger partial charge in [0.2, 0.25) is 5.88 Å². The van der Waals surface area contributed by atoms with Crippen LogP contribution in [0.3, 0.4) is 0 Å². The highest BCUT2D eigenvalue weighted by Gasteiger charge is 2.10. The summed E-state index contributed by atoms with van der Waals surface area (Å²) in [6.45, 7) is 0. The van der Waals surface area contributed by atoms with Crippen LogP contribution in [0.25, 0.3) is 0 Å². The summed E-state index contributed by atoms with van der Waals surface area (Å²) in [6.07, 6.45) is 1.40. The number of nitrogens with zero attached hydrogens (tertiary/aromatic N) is 1. The fourth-order valence-electron chi connectivity index (χ4n) is 1.29. The van der Waals surface area contributed by atoms with Crippen LogP contribution >= 0.6 is 34.8 Å². The number of alkyl halides is 1. The average molecular weight is 307 g/mol. The largest absolute Gasteiger partial charge is 0.436 e. The van der Waals surface area contributed by atoms with E-state index in [9.17, 15) is 4.39 Å². The van der Waals surface area contributed by atoms with Gasteiger partial charge in [0.25, 0.3) is 0 Å². The van der Waals surface area contributed by atoms with Gasteiger partial charge in [-0.2, -0.15) is 0 Å². The number of hydrogen-bond acceptors (Lipinski definition) is 2. The van der Waals surface area contributed by atoms with E-state index in [4.69, 9.17) is 39.5 Å². The molecule has 1 heterocycles. The zero-order valence-electron chi connectivity index (χ0n) is 8.96. The number of pyridine rings is 1. The van der Waals surface area contributed by atoms with Crippen molar-refractivity contribution in [1.82, 2.24) is 4.98 Å². The van der Waals surface area contributed by atoms with E-state index in [-0.39, 0.29) is 22.5 Å². The third-order valence-corrected chi connectivity index (χ3v) is 3.10. The molecule has 2 aromatic rings. The summed E-state index contributed by atoms with van der Waals surface area (Å²) in [7, 11) is 0. The fraction of sp³-hybridized carbons (Fsp3) is 0.0833. The van der Waals surface area contributed by atoms with Crippen molar-refractivity contribution < 1.29 is 9.13 Å². The molecule has 18 heavy (non-hydrogen) atoms. The van der Waals surface area contributed by atoms with Crippen molar-refractivity contribution in [3.63, 3.8) is 0 Å². The molecule has 0 fully saturated rings. The first-order valence-electron chi connectivity index (χ1n) is 4.94. The Morgan fingerprint density at radius 2 is 2.00 bits per heavy atom.